The summed E-state index contributed by atoms with van der Waals surface area (Å²) in [6.07, 6.45) is 1.72. The van der Waals surface area contributed by atoms with Gasteiger partial charge in [-0.05, 0) is 17.7 Å². The lowest BCUT2D eigenvalue weighted by molar-refractivity contribution is 0.921. The van der Waals surface area contributed by atoms with Crippen molar-refractivity contribution >= 4 is 17.3 Å². The summed E-state index contributed by atoms with van der Waals surface area (Å²) >= 11 is 5.85. The lowest BCUT2D eigenvalue weighted by Crippen LogP contribution is -2.16. The molecule has 2 aromatic rings. The molecule has 3 heteroatoms. The normalized spacial score (nSPS) is 10.1. The Bertz CT molecular complexity index is 456. The van der Waals surface area contributed by atoms with Crippen molar-refractivity contribution in [2.45, 2.75) is 6.54 Å². The molecule has 1 heterocycles. The van der Waals surface area contributed by atoms with Crippen LogP contribution < -0.4 is 4.90 Å². The Morgan fingerprint density at radius 3 is 2.62 bits per heavy atom. The van der Waals surface area contributed by atoms with Crippen molar-refractivity contribution in [2.75, 3.05) is 11.9 Å². The molecule has 1 aromatic heterocycles. The molecule has 0 aliphatic carbocycles. The minimum atomic E-state index is 0.525. The average molecular weight is 233 g/mol. The molecule has 0 fully saturated rings. The summed E-state index contributed by atoms with van der Waals surface area (Å²) in [4.78, 5) is 6.11. The molecule has 0 saturated heterocycles. The maximum atomic E-state index is 5.85. The summed E-state index contributed by atoms with van der Waals surface area (Å²) < 4.78 is 0. The van der Waals surface area contributed by atoms with Crippen LogP contribution >= 0.6 is 11.6 Å². The Hall–Kier alpha value is -1.54. The first kappa shape index (κ1) is 11.0. The molecule has 0 radical (unpaired) electrons. The number of aromatic nitrogens is 1. The molecule has 0 N–H and O–H groups in total. The lowest BCUT2D eigenvalue weighted by atomic mass is 10.2. The predicted octanol–water partition coefficient (Wildman–Crippen LogP) is 3.37. The summed E-state index contributed by atoms with van der Waals surface area (Å²) in [5, 5.41) is 0.525. The van der Waals surface area contributed by atoms with E-state index in [0.29, 0.717) is 5.15 Å². The first-order valence-electron chi connectivity index (χ1n) is 5.12. The van der Waals surface area contributed by atoms with Crippen molar-refractivity contribution in [3.63, 3.8) is 0 Å². The molecular weight excluding hydrogens is 220 g/mol. The van der Waals surface area contributed by atoms with Crippen molar-refractivity contribution in [1.82, 2.24) is 4.98 Å². The summed E-state index contributed by atoms with van der Waals surface area (Å²) in [6, 6.07) is 14.1. The summed E-state index contributed by atoms with van der Waals surface area (Å²) in [7, 11) is 2.04. The second kappa shape index (κ2) is 4.99. The first-order valence-corrected chi connectivity index (χ1v) is 5.50. The van der Waals surface area contributed by atoms with E-state index in [0.717, 1.165) is 12.2 Å². The number of anilines is 1. The van der Waals surface area contributed by atoms with Crippen molar-refractivity contribution in [3.8, 4) is 0 Å². The molecular formula is C13H13ClN2. The monoisotopic (exact) mass is 232 g/mol. The van der Waals surface area contributed by atoms with Gasteiger partial charge in [0.1, 0.15) is 5.15 Å². The van der Waals surface area contributed by atoms with Crippen LogP contribution in [0.1, 0.15) is 5.56 Å². The van der Waals surface area contributed by atoms with E-state index in [1.54, 1.807) is 6.20 Å². The molecule has 2 nitrogen and oxygen atoms in total. The van der Waals surface area contributed by atoms with E-state index in [1.165, 1.54) is 5.56 Å². The Labute approximate surface area is 101 Å². The number of benzene rings is 1. The zero-order valence-corrected chi connectivity index (χ0v) is 9.85. The number of halogens is 1. The summed E-state index contributed by atoms with van der Waals surface area (Å²) in [6.45, 7) is 0.862. The van der Waals surface area contributed by atoms with Gasteiger partial charge in [-0.3, -0.25) is 0 Å². The summed E-state index contributed by atoms with van der Waals surface area (Å²) in [5.41, 5.74) is 2.35. The fourth-order valence-electron chi connectivity index (χ4n) is 1.58. The Morgan fingerprint density at radius 1 is 1.19 bits per heavy atom. The third-order valence-corrected chi connectivity index (χ3v) is 2.62. The van der Waals surface area contributed by atoms with E-state index in [9.17, 15) is 0 Å². The van der Waals surface area contributed by atoms with Gasteiger partial charge in [0.05, 0.1) is 0 Å². The smallest absolute Gasteiger partial charge is 0.131 e. The van der Waals surface area contributed by atoms with Gasteiger partial charge in [-0.25, -0.2) is 4.98 Å². The summed E-state index contributed by atoms with van der Waals surface area (Å²) in [5.74, 6) is 0. The van der Waals surface area contributed by atoms with E-state index in [2.05, 4.69) is 22.0 Å². The molecule has 0 aliphatic rings. The van der Waals surface area contributed by atoms with Gasteiger partial charge in [0.15, 0.2) is 0 Å². The molecule has 0 aliphatic heterocycles. The van der Waals surface area contributed by atoms with Gasteiger partial charge >= 0.3 is 0 Å². The van der Waals surface area contributed by atoms with Crippen LogP contribution in [-0.4, -0.2) is 12.0 Å². The fraction of sp³-hybridized carbons (Fsp3) is 0.154. The molecule has 0 saturated carbocycles. The molecule has 0 atom stereocenters. The molecule has 0 amide bonds. The van der Waals surface area contributed by atoms with Crippen LogP contribution in [0.25, 0.3) is 0 Å². The standard InChI is InChI=1S/C13H13ClN2/c1-16(10-11-5-3-2-4-6-11)12-7-8-15-13(14)9-12/h2-9H,10H2,1H3. The van der Waals surface area contributed by atoms with Gasteiger partial charge in [-0.15, -0.1) is 0 Å². The van der Waals surface area contributed by atoms with Crippen LogP contribution in [0.3, 0.4) is 0 Å². The van der Waals surface area contributed by atoms with Gasteiger partial charge in [0, 0.05) is 25.5 Å². The van der Waals surface area contributed by atoms with Crippen molar-refractivity contribution in [1.29, 1.82) is 0 Å². The van der Waals surface area contributed by atoms with Gasteiger partial charge in [-0.2, -0.15) is 0 Å². The van der Waals surface area contributed by atoms with Gasteiger partial charge in [0.2, 0.25) is 0 Å². The lowest BCUT2D eigenvalue weighted by Gasteiger charge is -2.19. The van der Waals surface area contributed by atoms with Gasteiger partial charge in [0.25, 0.3) is 0 Å². The zero-order valence-electron chi connectivity index (χ0n) is 9.10. The second-order valence-corrected chi connectivity index (χ2v) is 4.07. The highest BCUT2D eigenvalue weighted by molar-refractivity contribution is 6.29. The molecule has 82 valence electrons. The van der Waals surface area contributed by atoms with Gasteiger partial charge in [-0.1, -0.05) is 41.9 Å². The Balaban J connectivity index is 2.12. The van der Waals surface area contributed by atoms with Crippen LogP contribution in [-0.2, 0) is 6.54 Å². The second-order valence-electron chi connectivity index (χ2n) is 3.68. The van der Waals surface area contributed by atoms with E-state index in [-0.39, 0.29) is 0 Å². The van der Waals surface area contributed by atoms with Crippen molar-refractivity contribution in [2.24, 2.45) is 0 Å². The minimum Gasteiger partial charge on any atom is -0.370 e. The maximum absolute atomic E-state index is 5.85. The third-order valence-electron chi connectivity index (χ3n) is 2.41. The number of hydrogen-bond acceptors (Lipinski definition) is 2. The SMILES string of the molecule is CN(Cc1ccccc1)c1ccnc(Cl)c1. The largest absolute Gasteiger partial charge is 0.370 e. The zero-order chi connectivity index (χ0) is 11.4. The van der Waals surface area contributed by atoms with Crippen LogP contribution in [0.15, 0.2) is 48.7 Å². The van der Waals surface area contributed by atoms with E-state index >= 15 is 0 Å². The van der Waals surface area contributed by atoms with Gasteiger partial charge < -0.3 is 4.90 Å². The van der Waals surface area contributed by atoms with Crippen LogP contribution in [0.5, 0.6) is 0 Å². The highest BCUT2D eigenvalue weighted by Crippen LogP contribution is 2.17. The van der Waals surface area contributed by atoms with Crippen LogP contribution in [0, 0.1) is 0 Å². The molecule has 1 aromatic carbocycles. The van der Waals surface area contributed by atoms with Crippen LogP contribution in [0.2, 0.25) is 5.15 Å². The molecule has 0 spiro atoms. The highest BCUT2D eigenvalue weighted by atomic mass is 35.5. The number of nitrogens with zero attached hydrogens (tertiary/aromatic N) is 2. The molecule has 2 rings (SSSR count). The first-order chi connectivity index (χ1) is 7.75. The minimum absolute atomic E-state index is 0.525. The molecule has 0 unspecified atom stereocenters. The maximum Gasteiger partial charge on any atom is 0.131 e. The fourth-order valence-corrected chi connectivity index (χ4v) is 1.75. The van der Waals surface area contributed by atoms with E-state index in [4.69, 9.17) is 11.6 Å². The highest BCUT2D eigenvalue weighted by Gasteiger charge is 2.02. The topological polar surface area (TPSA) is 16.1 Å². The molecule has 16 heavy (non-hydrogen) atoms. The van der Waals surface area contributed by atoms with Crippen molar-refractivity contribution in [3.05, 3.63) is 59.4 Å². The van der Waals surface area contributed by atoms with Crippen molar-refractivity contribution < 1.29 is 0 Å². The quantitative estimate of drug-likeness (QED) is 0.755. The molecule has 0 bridgehead atoms. The Kier molecular flexibility index (Phi) is 3.42. The average Bonchev–Trinajstić information content (AvgIpc) is 2.30. The number of rotatable bonds is 3. The number of pyridine rings is 1. The van der Waals surface area contributed by atoms with E-state index < -0.39 is 0 Å². The van der Waals surface area contributed by atoms with E-state index in [1.807, 2.05) is 37.4 Å². The van der Waals surface area contributed by atoms with Crippen LogP contribution in [0.4, 0.5) is 5.69 Å². The third kappa shape index (κ3) is 2.74. The number of hydrogen-bond donors (Lipinski definition) is 0. The Morgan fingerprint density at radius 2 is 1.94 bits per heavy atom. The predicted molar refractivity (Wildman–Crippen MR) is 67.8 cm³/mol.